The van der Waals surface area contributed by atoms with Gasteiger partial charge in [0.15, 0.2) is 0 Å². The molecule has 1 unspecified atom stereocenters. The number of alkyl halides is 3. The van der Waals surface area contributed by atoms with Crippen LogP contribution in [0, 0.1) is 5.92 Å². The van der Waals surface area contributed by atoms with Crippen molar-refractivity contribution in [3.8, 4) is 0 Å². The first-order valence-corrected chi connectivity index (χ1v) is 5.50. The summed E-state index contributed by atoms with van der Waals surface area (Å²) < 4.78 is 39.8. The molecule has 0 saturated heterocycles. The van der Waals surface area contributed by atoms with Crippen molar-refractivity contribution in [2.45, 2.75) is 45.8 Å². The van der Waals surface area contributed by atoms with Gasteiger partial charge in [0.2, 0.25) is 0 Å². The van der Waals surface area contributed by atoms with Gasteiger partial charge in [-0.3, -0.25) is 0 Å². The smallest absolute Gasteiger partial charge is 0.372 e. The zero-order chi connectivity index (χ0) is 12.8. The van der Waals surface area contributed by atoms with E-state index in [1.54, 1.807) is 0 Å². The molecule has 0 rings (SSSR count). The highest BCUT2D eigenvalue weighted by Crippen LogP contribution is 2.15. The van der Waals surface area contributed by atoms with Gasteiger partial charge in [0.25, 0.3) is 0 Å². The van der Waals surface area contributed by atoms with Crippen LogP contribution in [0.25, 0.3) is 0 Å². The van der Waals surface area contributed by atoms with Crippen LogP contribution in [0.4, 0.5) is 13.2 Å². The van der Waals surface area contributed by atoms with Gasteiger partial charge in [0, 0.05) is 12.1 Å². The minimum absolute atomic E-state index is 0.0427. The van der Waals surface area contributed by atoms with E-state index >= 15 is 0 Å². The van der Waals surface area contributed by atoms with Gasteiger partial charge in [-0.2, -0.15) is 13.2 Å². The van der Waals surface area contributed by atoms with E-state index < -0.39 is 12.8 Å². The second-order valence-electron chi connectivity index (χ2n) is 5.19. The maximum Gasteiger partial charge on any atom is 0.411 e. The molecule has 16 heavy (non-hydrogen) atoms. The Balaban J connectivity index is 3.48. The van der Waals surface area contributed by atoms with E-state index in [9.17, 15) is 13.2 Å². The van der Waals surface area contributed by atoms with Crippen molar-refractivity contribution in [1.29, 1.82) is 0 Å². The monoisotopic (exact) mass is 241 g/mol. The molecule has 1 atom stereocenters. The second-order valence-corrected chi connectivity index (χ2v) is 5.19. The largest absolute Gasteiger partial charge is 0.411 e. The lowest BCUT2D eigenvalue weighted by Crippen LogP contribution is -2.38. The van der Waals surface area contributed by atoms with Crippen molar-refractivity contribution < 1.29 is 17.9 Å². The topological polar surface area (TPSA) is 21.3 Å². The molecular formula is C11H22F3NO. The molecule has 98 valence electrons. The highest BCUT2D eigenvalue weighted by atomic mass is 19.4. The Kier molecular flexibility index (Phi) is 6.33. The Morgan fingerprint density at radius 1 is 1.19 bits per heavy atom. The van der Waals surface area contributed by atoms with E-state index in [-0.39, 0.29) is 12.1 Å². The number of hydrogen-bond donors (Lipinski definition) is 1. The highest BCUT2D eigenvalue weighted by Gasteiger charge is 2.27. The Morgan fingerprint density at radius 2 is 1.75 bits per heavy atom. The van der Waals surface area contributed by atoms with Gasteiger partial charge in [-0.1, -0.05) is 6.92 Å². The van der Waals surface area contributed by atoms with Gasteiger partial charge in [0.1, 0.15) is 6.61 Å². The molecule has 1 N–H and O–H groups in total. The Morgan fingerprint density at radius 3 is 2.19 bits per heavy atom. The van der Waals surface area contributed by atoms with E-state index in [0.29, 0.717) is 12.3 Å². The maximum absolute atomic E-state index is 11.7. The fourth-order valence-electron chi connectivity index (χ4n) is 1.05. The predicted molar refractivity (Wildman–Crippen MR) is 58.4 cm³/mol. The number of ether oxygens (including phenoxy) is 1. The first-order valence-electron chi connectivity index (χ1n) is 5.50. The minimum atomic E-state index is -4.22. The lowest BCUT2D eigenvalue weighted by molar-refractivity contribution is -0.174. The molecule has 0 radical (unpaired) electrons. The lowest BCUT2D eigenvalue weighted by Gasteiger charge is -2.23. The summed E-state index contributed by atoms with van der Waals surface area (Å²) >= 11 is 0. The zero-order valence-electron chi connectivity index (χ0n) is 10.4. The van der Waals surface area contributed by atoms with E-state index in [2.05, 4.69) is 30.8 Å². The average molecular weight is 241 g/mol. The number of nitrogens with one attached hydrogen (secondary N) is 1. The van der Waals surface area contributed by atoms with Crippen molar-refractivity contribution in [2.24, 2.45) is 5.92 Å². The number of halogens is 3. The summed E-state index contributed by atoms with van der Waals surface area (Å²) in [5.41, 5.74) is 0.0427. The van der Waals surface area contributed by atoms with Gasteiger partial charge < -0.3 is 10.1 Å². The third-order valence-electron chi connectivity index (χ3n) is 2.00. The molecule has 0 aromatic rings. The number of hydrogen-bond acceptors (Lipinski definition) is 2. The Labute approximate surface area is 95.5 Å². The fraction of sp³-hybridized carbons (Fsp3) is 1.00. The van der Waals surface area contributed by atoms with Crippen LogP contribution in [0.1, 0.15) is 34.1 Å². The van der Waals surface area contributed by atoms with Crippen LogP contribution < -0.4 is 5.32 Å². The summed E-state index contributed by atoms with van der Waals surface area (Å²) in [6.45, 7) is 7.97. The van der Waals surface area contributed by atoms with Gasteiger partial charge in [-0.05, 0) is 39.7 Å². The van der Waals surface area contributed by atoms with Crippen LogP contribution in [-0.4, -0.2) is 31.5 Å². The molecule has 0 aliphatic heterocycles. The quantitative estimate of drug-likeness (QED) is 0.722. The normalized spacial score (nSPS) is 15.2. The molecule has 0 heterocycles. The van der Waals surface area contributed by atoms with E-state index in [4.69, 9.17) is 0 Å². The van der Waals surface area contributed by atoms with E-state index in [1.807, 2.05) is 6.92 Å². The highest BCUT2D eigenvalue weighted by molar-refractivity contribution is 4.71. The summed E-state index contributed by atoms with van der Waals surface area (Å²) in [7, 11) is 0. The molecule has 0 amide bonds. The Bertz CT molecular complexity index is 187. The first-order chi connectivity index (χ1) is 7.10. The summed E-state index contributed by atoms with van der Waals surface area (Å²) in [6.07, 6.45) is -3.58. The third-order valence-corrected chi connectivity index (χ3v) is 2.00. The van der Waals surface area contributed by atoms with Crippen LogP contribution in [-0.2, 0) is 4.74 Å². The predicted octanol–water partition coefficient (Wildman–Crippen LogP) is 2.98. The van der Waals surface area contributed by atoms with Crippen molar-refractivity contribution in [2.75, 3.05) is 19.8 Å². The van der Waals surface area contributed by atoms with Gasteiger partial charge in [-0.25, -0.2) is 0 Å². The van der Waals surface area contributed by atoms with Crippen molar-refractivity contribution >= 4 is 0 Å². The molecule has 0 aromatic carbocycles. The van der Waals surface area contributed by atoms with Gasteiger partial charge in [0.05, 0.1) is 0 Å². The van der Waals surface area contributed by atoms with E-state index in [1.165, 1.54) is 0 Å². The molecule has 0 spiro atoms. The van der Waals surface area contributed by atoms with Crippen LogP contribution in [0.15, 0.2) is 0 Å². The molecule has 0 fully saturated rings. The standard InChI is InChI=1S/C11H22F3NO/c1-9(7-15-10(2,3)4)5-6-16-8-11(12,13)14/h9,15H,5-8H2,1-4H3. The third kappa shape index (κ3) is 11.8. The van der Waals surface area contributed by atoms with Crippen LogP contribution >= 0.6 is 0 Å². The SMILES string of the molecule is CC(CCOCC(F)(F)F)CNC(C)(C)C. The fourth-order valence-corrected chi connectivity index (χ4v) is 1.05. The molecule has 0 bridgehead atoms. The maximum atomic E-state index is 11.7. The second kappa shape index (κ2) is 6.45. The Hall–Kier alpha value is -0.290. The lowest BCUT2D eigenvalue weighted by atomic mass is 10.0. The molecule has 2 nitrogen and oxygen atoms in total. The van der Waals surface area contributed by atoms with Crippen LogP contribution in [0.3, 0.4) is 0 Å². The summed E-state index contributed by atoms with van der Waals surface area (Å²) in [4.78, 5) is 0. The zero-order valence-corrected chi connectivity index (χ0v) is 10.4. The average Bonchev–Trinajstić information content (AvgIpc) is 2.06. The van der Waals surface area contributed by atoms with Crippen LogP contribution in [0.5, 0.6) is 0 Å². The van der Waals surface area contributed by atoms with Crippen molar-refractivity contribution in [3.05, 3.63) is 0 Å². The molecular weight excluding hydrogens is 219 g/mol. The molecule has 0 saturated carbocycles. The van der Waals surface area contributed by atoms with Gasteiger partial charge >= 0.3 is 6.18 Å². The molecule has 0 aliphatic carbocycles. The summed E-state index contributed by atoms with van der Waals surface area (Å²) in [5.74, 6) is 0.312. The van der Waals surface area contributed by atoms with Crippen molar-refractivity contribution in [3.63, 3.8) is 0 Å². The molecule has 0 aromatic heterocycles. The van der Waals surface area contributed by atoms with Crippen LogP contribution in [0.2, 0.25) is 0 Å². The van der Waals surface area contributed by atoms with E-state index in [0.717, 1.165) is 6.54 Å². The molecule has 0 aliphatic rings. The number of rotatable bonds is 6. The minimum Gasteiger partial charge on any atom is -0.372 e. The van der Waals surface area contributed by atoms with Crippen molar-refractivity contribution in [1.82, 2.24) is 5.32 Å². The van der Waals surface area contributed by atoms with Gasteiger partial charge in [-0.15, -0.1) is 0 Å². The summed E-state index contributed by atoms with van der Waals surface area (Å²) in [5, 5.41) is 3.30. The molecule has 5 heteroatoms. The first kappa shape index (κ1) is 15.7. The summed E-state index contributed by atoms with van der Waals surface area (Å²) in [6, 6.07) is 0.